The number of carbonyl (C=O) groups is 1. The first-order valence-corrected chi connectivity index (χ1v) is 9.68. The third-order valence-electron chi connectivity index (χ3n) is 4.72. The van der Waals surface area contributed by atoms with E-state index in [0.717, 1.165) is 36.0 Å². The predicted molar refractivity (Wildman–Crippen MR) is 113 cm³/mol. The molecule has 6 nitrogen and oxygen atoms in total. The van der Waals surface area contributed by atoms with Gasteiger partial charge in [-0.15, -0.1) is 0 Å². The third kappa shape index (κ3) is 4.88. The molecule has 1 fully saturated rings. The molecule has 1 aliphatic rings. The molecule has 2 aromatic carbocycles. The van der Waals surface area contributed by atoms with E-state index in [1.807, 2.05) is 55.1 Å². The monoisotopic (exact) mass is 383 g/mol. The molecule has 1 aliphatic heterocycles. The highest BCUT2D eigenvalue weighted by molar-refractivity contribution is 5.89. The standard InChI is InChI=1S/C22H29N3O3/c1-16(2)28-19-8-6-18(7-9-19)23-22(26)25-13-11-24(12-14-25)20-15-17(3)5-10-21(20)27-4/h5-10,15-16H,11-14H2,1-4H3,(H,23,26). The van der Waals surface area contributed by atoms with Crippen LogP contribution in [0.5, 0.6) is 11.5 Å². The van der Waals surface area contributed by atoms with Gasteiger partial charge in [-0.3, -0.25) is 0 Å². The SMILES string of the molecule is COc1ccc(C)cc1N1CCN(C(=O)Nc2ccc(OC(C)C)cc2)CC1. The van der Waals surface area contributed by atoms with Crippen LogP contribution in [0.1, 0.15) is 19.4 Å². The van der Waals surface area contributed by atoms with Gasteiger partial charge in [0.1, 0.15) is 11.5 Å². The lowest BCUT2D eigenvalue weighted by Crippen LogP contribution is -2.50. The number of amides is 2. The number of ether oxygens (including phenoxy) is 2. The van der Waals surface area contributed by atoms with Gasteiger partial charge in [0.25, 0.3) is 0 Å². The van der Waals surface area contributed by atoms with E-state index < -0.39 is 0 Å². The average molecular weight is 383 g/mol. The molecular weight excluding hydrogens is 354 g/mol. The smallest absolute Gasteiger partial charge is 0.321 e. The van der Waals surface area contributed by atoms with Crippen molar-refractivity contribution in [3.63, 3.8) is 0 Å². The van der Waals surface area contributed by atoms with Crippen molar-refractivity contribution < 1.29 is 14.3 Å². The number of carbonyl (C=O) groups excluding carboxylic acids is 1. The van der Waals surface area contributed by atoms with Crippen LogP contribution >= 0.6 is 0 Å². The fourth-order valence-electron chi connectivity index (χ4n) is 3.29. The zero-order valence-electron chi connectivity index (χ0n) is 17.1. The number of nitrogens with zero attached hydrogens (tertiary/aromatic N) is 2. The lowest BCUT2D eigenvalue weighted by atomic mass is 10.1. The number of methoxy groups -OCH3 is 1. The maximum atomic E-state index is 12.6. The van der Waals surface area contributed by atoms with E-state index in [1.54, 1.807) is 7.11 Å². The van der Waals surface area contributed by atoms with Gasteiger partial charge in [0, 0.05) is 31.9 Å². The number of piperazine rings is 1. The van der Waals surface area contributed by atoms with E-state index in [0.29, 0.717) is 13.1 Å². The van der Waals surface area contributed by atoms with Gasteiger partial charge >= 0.3 is 6.03 Å². The van der Waals surface area contributed by atoms with Crippen LogP contribution in [0.2, 0.25) is 0 Å². The quantitative estimate of drug-likeness (QED) is 0.843. The number of hydrogen-bond acceptors (Lipinski definition) is 4. The second-order valence-electron chi connectivity index (χ2n) is 7.27. The van der Waals surface area contributed by atoms with Crippen molar-refractivity contribution in [1.82, 2.24) is 4.90 Å². The molecule has 0 unspecified atom stereocenters. The molecule has 0 aromatic heterocycles. The minimum atomic E-state index is -0.0756. The van der Waals surface area contributed by atoms with E-state index in [-0.39, 0.29) is 12.1 Å². The molecule has 2 amide bonds. The molecular formula is C22H29N3O3. The summed E-state index contributed by atoms with van der Waals surface area (Å²) in [4.78, 5) is 16.7. The van der Waals surface area contributed by atoms with Crippen molar-refractivity contribution in [1.29, 1.82) is 0 Å². The molecule has 3 rings (SSSR count). The first-order chi connectivity index (χ1) is 13.5. The summed E-state index contributed by atoms with van der Waals surface area (Å²) in [5, 5.41) is 2.97. The highest BCUT2D eigenvalue weighted by Crippen LogP contribution is 2.30. The predicted octanol–water partition coefficient (Wildman–Crippen LogP) is 4.14. The van der Waals surface area contributed by atoms with Gasteiger partial charge < -0.3 is 24.6 Å². The summed E-state index contributed by atoms with van der Waals surface area (Å²) in [7, 11) is 1.69. The number of hydrogen-bond donors (Lipinski definition) is 1. The van der Waals surface area contributed by atoms with Crippen LogP contribution in [0.25, 0.3) is 0 Å². The van der Waals surface area contributed by atoms with Gasteiger partial charge in [0.2, 0.25) is 0 Å². The summed E-state index contributed by atoms with van der Waals surface area (Å²) in [6.45, 7) is 8.92. The second-order valence-corrected chi connectivity index (χ2v) is 7.27. The van der Waals surface area contributed by atoms with Gasteiger partial charge in [0.15, 0.2) is 0 Å². The van der Waals surface area contributed by atoms with Crippen molar-refractivity contribution in [3.8, 4) is 11.5 Å². The first kappa shape index (κ1) is 19.9. The maximum absolute atomic E-state index is 12.6. The van der Waals surface area contributed by atoms with Crippen LogP contribution in [-0.2, 0) is 0 Å². The molecule has 1 heterocycles. The maximum Gasteiger partial charge on any atom is 0.321 e. The summed E-state index contributed by atoms with van der Waals surface area (Å²) in [5.41, 5.74) is 3.05. The second kappa shape index (κ2) is 8.87. The van der Waals surface area contributed by atoms with Crippen LogP contribution in [0.15, 0.2) is 42.5 Å². The Balaban J connectivity index is 1.56. The largest absolute Gasteiger partial charge is 0.495 e. The topological polar surface area (TPSA) is 54.0 Å². The zero-order valence-corrected chi connectivity index (χ0v) is 17.1. The molecule has 0 spiro atoms. The molecule has 0 saturated carbocycles. The molecule has 28 heavy (non-hydrogen) atoms. The van der Waals surface area contributed by atoms with Crippen molar-refractivity contribution >= 4 is 17.4 Å². The van der Waals surface area contributed by atoms with E-state index in [2.05, 4.69) is 23.2 Å². The summed E-state index contributed by atoms with van der Waals surface area (Å²) < 4.78 is 11.1. The molecule has 150 valence electrons. The fourth-order valence-corrected chi connectivity index (χ4v) is 3.29. The lowest BCUT2D eigenvalue weighted by molar-refractivity contribution is 0.208. The van der Waals surface area contributed by atoms with E-state index in [1.165, 1.54) is 5.56 Å². The fraction of sp³-hybridized carbons (Fsp3) is 0.409. The lowest BCUT2D eigenvalue weighted by Gasteiger charge is -2.36. The molecule has 1 saturated heterocycles. The van der Waals surface area contributed by atoms with Crippen molar-refractivity contribution in [3.05, 3.63) is 48.0 Å². The number of rotatable bonds is 5. The first-order valence-electron chi connectivity index (χ1n) is 9.68. The zero-order chi connectivity index (χ0) is 20.1. The minimum Gasteiger partial charge on any atom is -0.495 e. The highest BCUT2D eigenvalue weighted by atomic mass is 16.5. The minimum absolute atomic E-state index is 0.0756. The van der Waals surface area contributed by atoms with Gasteiger partial charge in [-0.25, -0.2) is 4.79 Å². The van der Waals surface area contributed by atoms with Crippen LogP contribution < -0.4 is 19.7 Å². The van der Waals surface area contributed by atoms with Crippen LogP contribution in [-0.4, -0.2) is 50.3 Å². The molecule has 6 heteroatoms. The summed E-state index contributed by atoms with van der Waals surface area (Å²) in [5.74, 6) is 1.67. The molecule has 1 N–H and O–H groups in total. The van der Waals surface area contributed by atoms with Crippen molar-refractivity contribution in [2.75, 3.05) is 43.5 Å². The Kier molecular flexibility index (Phi) is 6.29. The number of urea groups is 1. The summed E-state index contributed by atoms with van der Waals surface area (Å²) >= 11 is 0. The Bertz CT molecular complexity index is 797. The van der Waals surface area contributed by atoms with E-state index in [4.69, 9.17) is 9.47 Å². The normalized spacial score (nSPS) is 14.2. The van der Waals surface area contributed by atoms with Gasteiger partial charge in [-0.05, 0) is 62.7 Å². The van der Waals surface area contributed by atoms with Gasteiger partial charge in [0.05, 0.1) is 18.9 Å². The third-order valence-corrected chi connectivity index (χ3v) is 4.72. The summed E-state index contributed by atoms with van der Waals surface area (Å²) in [6.07, 6.45) is 0.128. The van der Waals surface area contributed by atoms with Crippen molar-refractivity contribution in [2.24, 2.45) is 0 Å². The Morgan fingerprint density at radius 1 is 1.04 bits per heavy atom. The molecule has 0 aliphatic carbocycles. The Morgan fingerprint density at radius 3 is 2.32 bits per heavy atom. The number of benzene rings is 2. The number of aryl methyl sites for hydroxylation is 1. The van der Waals surface area contributed by atoms with Crippen molar-refractivity contribution in [2.45, 2.75) is 26.9 Å². The Labute approximate surface area is 167 Å². The Morgan fingerprint density at radius 2 is 1.71 bits per heavy atom. The van der Waals surface area contributed by atoms with Gasteiger partial charge in [-0.2, -0.15) is 0 Å². The number of nitrogens with one attached hydrogen (secondary N) is 1. The van der Waals surface area contributed by atoms with Gasteiger partial charge in [-0.1, -0.05) is 6.07 Å². The van der Waals surface area contributed by atoms with Crippen LogP contribution in [0.3, 0.4) is 0 Å². The van der Waals surface area contributed by atoms with E-state index >= 15 is 0 Å². The summed E-state index contributed by atoms with van der Waals surface area (Å²) in [6, 6.07) is 13.6. The number of anilines is 2. The van der Waals surface area contributed by atoms with Crippen LogP contribution in [0.4, 0.5) is 16.2 Å². The Hall–Kier alpha value is -2.89. The molecule has 0 radical (unpaired) electrons. The van der Waals surface area contributed by atoms with E-state index in [9.17, 15) is 4.79 Å². The molecule has 0 atom stereocenters. The highest BCUT2D eigenvalue weighted by Gasteiger charge is 2.23. The average Bonchev–Trinajstić information content (AvgIpc) is 2.69. The van der Waals surface area contributed by atoms with Crippen LogP contribution in [0, 0.1) is 6.92 Å². The molecule has 0 bridgehead atoms. The molecule has 2 aromatic rings.